The van der Waals surface area contributed by atoms with Crippen molar-refractivity contribution in [2.45, 2.75) is 44.6 Å². The van der Waals surface area contributed by atoms with Crippen LogP contribution in [0, 0.1) is 5.41 Å². The molecule has 0 rings (SSSR count). The smallest absolute Gasteiger partial charge is 0.0894 e. The van der Waals surface area contributed by atoms with Gasteiger partial charge < -0.3 is 20.4 Å². The quantitative estimate of drug-likeness (QED) is 0.319. The fourth-order valence-corrected chi connectivity index (χ4v) is 1.75. The molecule has 0 amide bonds. The first-order valence-corrected chi connectivity index (χ1v) is 6.90. The lowest BCUT2D eigenvalue weighted by Gasteiger charge is -2.30. The molecule has 0 aromatic rings. The van der Waals surface area contributed by atoms with E-state index in [9.17, 15) is 9.50 Å². The number of alkyl halides is 1. The van der Waals surface area contributed by atoms with E-state index in [0.29, 0.717) is 6.42 Å². The van der Waals surface area contributed by atoms with Gasteiger partial charge in [-0.2, -0.15) is 0 Å². The molecule has 114 valence electrons. The van der Waals surface area contributed by atoms with Crippen molar-refractivity contribution >= 4 is 0 Å². The van der Waals surface area contributed by atoms with E-state index in [2.05, 4.69) is 0 Å². The zero-order valence-corrected chi connectivity index (χ0v) is 11.5. The molecular formula is C14H27FO4. The predicted molar refractivity (Wildman–Crippen MR) is 72.5 cm³/mol. The second kappa shape index (κ2) is 11.3. The Labute approximate surface area is 114 Å². The highest BCUT2D eigenvalue weighted by molar-refractivity contribution is 4.99. The van der Waals surface area contributed by atoms with Gasteiger partial charge in [-0.1, -0.05) is 31.4 Å². The average Bonchev–Trinajstić information content (AvgIpc) is 2.44. The minimum Gasteiger partial charge on any atom is -0.395 e. The van der Waals surface area contributed by atoms with E-state index in [0.717, 1.165) is 32.1 Å². The zero-order valence-electron chi connectivity index (χ0n) is 11.5. The molecule has 0 aromatic carbocycles. The highest BCUT2D eigenvalue weighted by atomic mass is 19.1. The van der Waals surface area contributed by atoms with Gasteiger partial charge in [0.2, 0.25) is 0 Å². The monoisotopic (exact) mass is 278 g/mol. The third-order valence-electron chi connectivity index (χ3n) is 3.39. The molecule has 0 fully saturated rings. The lowest BCUT2D eigenvalue weighted by Crippen LogP contribution is -2.44. The van der Waals surface area contributed by atoms with Crippen LogP contribution in [0.25, 0.3) is 0 Å². The van der Waals surface area contributed by atoms with Gasteiger partial charge in [0, 0.05) is 0 Å². The fourth-order valence-electron chi connectivity index (χ4n) is 1.75. The number of hydrogen-bond donors (Lipinski definition) is 4. The van der Waals surface area contributed by atoms with Gasteiger partial charge in [-0.05, 0) is 19.3 Å². The minimum atomic E-state index is -1.28. The lowest BCUT2D eigenvalue weighted by molar-refractivity contribution is -0.0635. The summed E-state index contributed by atoms with van der Waals surface area (Å²) >= 11 is 0. The van der Waals surface area contributed by atoms with E-state index in [-0.39, 0.29) is 6.67 Å². The minimum absolute atomic E-state index is 0.252. The lowest BCUT2D eigenvalue weighted by atomic mass is 9.84. The Bertz CT molecular complexity index is 221. The van der Waals surface area contributed by atoms with Crippen LogP contribution < -0.4 is 0 Å². The van der Waals surface area contributed by atoms with Gasteiger partial charge in [0.25, 0.3) is 0 Å². The molecule has 0 aliphatic heterocycles. The van der Waals surface area contributed by atoms with E-state index >= 15 is 0 Å². The molecule has 0 saturated heterocycles. The summed E-state index contributed by atoms with van der Waals surface area (Å²) in [5.74, 6) is 0. The van der Waals surface area contributed by atoms with Crippen LogP contribution in [0.2, 0.25) is 0 Å². The first kappa shape index (κ1) is 18.5. The molecule has 0 aromatic heterocycles. The molecule has 0 spiro atoms. The molecule has 0 radical (unpaired) electrons. The van der Waals surface area contributed by atoms with Crippen LogP contribution in [-0.2, 0) is 0 Å². The van der Waals surface area contributed by atoms with Gasteiger partial charge in [-0.25, -0.2) is 0 Å². The van der Waals surface area contributed by atoms with E-state index in [1.807, 2.05) is 0 Å². The SMILES string of the molecule is OCC(CO)(CO)C(O)C=CCCCCCCCF. The Morgan fingerprint density at radius 1 is 0.895 bits per heavy atom. The Morgan fingerprint density at radius 2 is 1.42 bits per heavy atom. The highest BCUT2D eigenvalue weighted by Gasteiger charge is 2.34. The molecule has 1 atom stereocenters. The second-order valence-electron chi connectivity index (χ2n) is 4.96. The molecule has 0 heterocycles. The van der Waals surface area contributed by atoms with Gasteiger partial charge in [0.05, 0.1) is 38.0 Å². The van der Waals surface area contributed by atoms with Gasteiger partial charge in [-0.3, -0.25) is 4.39 Å². The highest BCUT2D eigenvalue weighted by Crippen LogP contribution is 2.21. The van der Waals surface area contributed by atoms with Gasteiger partial charge >= 0.3 is 0 Å². The van der Waals surface area contributed by atoms with Crippen molar-refractivity contribution in [3.05, 3.63) is 12.2 Å². The van der Waals surface area contributed by atoms with Crippen molar-refractivity contribution in [1.29, 1.82) is 0 Å². The van der Waals surface area contributed by atoms with Crippen molar-refractivity contribution in [1.82, 2.24) is 0 Å². The summed E-state index contributed by atoms with van der Waals surface area (Å²) < 4.78 is 11.8. The summed E-state index contributed by atoms with van der Waals surface area (Å²) in [6, 6.07) is 0. The maximum atomic E-state index is 11.8. The van der Waals surface area contributed by atoms with Crippen LogP contribution in [0.1, 0.15) is 38.5 Å². The molecule has 1 unspecified atom stereocenters. The van der Waals surface area contributed by atoms with Crippen molar-refractivity contribution in [3.8, 4) is 0 Å². The molecule has 5 heteroatoms. The van der Waals surface area contributed by atoms with Crippen LogP contribution in [-0.4, -0.2) is 53.0 Å². The van der Waals surface area contributed by atoms with Crippen LogP contribution in [0.15, 0.2) is 12.2 Å². The van der Waals surface area contributed by atoms with E-state index < -0.39 is 31.3 Å². The number of aliphatic hydroxyl groups is 4. The summed E-state index contributed by atoms with van der Waals surface area (Å²) in [6.45, 7) is -1.68. The first-order chi connectivity index (χ1) is 9.16. The third kappa shape index (κ3) is 7.01. The number of aliphatic hydroxyl groups excluding tert-OH is 4. The van der Waals surface area contributed by atoms with Crippen molar-refractivity contribution < 1.29 is 24.8 Å². The summed E-state index contributed by atoms with van der Waals surface area (Å²) in [4.78, 5) is 0. The number of rotatable bonds is 12. The number of allylic oxidation sites excluding steroid dienone is 1. The molecule has 0 saturated carbocycles. The van der Waals surface area contributed by atoms with Crippen LogP contribution in [0.4, 0.5) is 4.39 Å². The van der Waals surface area contributed by atoms with Crippen LogP contribution >= 0.6 is 0 Å². The number of hydrogen-bond acceptors (Lipinski definition) is 4. The van der Waals surface area contributed by atoms with E-state index in [4.69, 9.17) is 15.3 Å². The van der Waals surface area contributed by atoms with Gasteiger partial charge in [-0.15, -0.1) is 0 Å². The van der Waals surface area contributed by atoms with E-state index in [1.165, 1.54) is 6.08 Å². The van der Waals surface area contributed by atoms with Gasteiger partial charge in [0.1, 0.15) is 0 Å². The van der Waals surface area contributed by atoms with Crippen molar-refractivity contribution in [2.75, 3.05) is 26.5 Å². The second-order valence-corrected chi connectivity index (χ2v) is 4.96. The molecule has 0 bridgehead atoms. The van der Waals surface area contributed by atoms with E-state index in [1.54, 1.807) is 6.08 Å². The van der Waals surface area contributed by atoms with Crippen LogP contribution in [0.5, 0.6) is 0 Å². The average molecular weight is 278 g/mol. The molecule has 4 nitrogen and oxygen atoms in total. The molecule has 19 heavy (non-hydrogen) atoms. The zero-order chi connectivity index (χ0) is 14.6. The Hall–Kier alpha value is -0.490. The van der Waals surface area contributed by atoms with Gasteiger partial charge in [0.15, 0.2) is 0 Å². The summed E-state index contributed by atoms with van der Waals surface area (Å²) in [5, 5.41) is 37.2. The fraction of sp³-hybridized carbons (Fsp3) is 0.857. The largest absolute Gasteiger partial charge is 0.395 e. The first-order valence-electron chi connectivity index (χ1n) is 6.90. The molecule has 0 aliphatic carbocycles. The summed E-state index contributed by atoms with van der Waals surface area (Å²) in [5.41, 5.74) is -1.28. The Morgan fingerprint density at radius 3 is 1.95 bits per heavy atom. The standard InChI is InChI=1S/C14H27FO4/c15-9-7-5-3-1-2-4-6-8-13(19)14(10-16,11-17)12-18/h6,8,13,16-19H,1-5,7,9-12H2. The van der Waals surface area contributed by atoms with Crippen LogP contribution in [0.3, 0.4) is 0 Å². The predicted octanol–water partition coefficient (Wildman–Crippen LogP) is 1.18. The topological polar surface area (TPSA) is 80.9 Å². The Kier molecular flexibility index (Phi) is 11.1. The third-order valence-corrected chi connectivity index (χ3v) is 3.39. The van der Waals surface area contributed by atoms with Crippen molar-refractivity contribution in [3.63, 3.8) is 0 Å². The van der Waals surface area contributed by atoms with Crippen molar-refractivity contribution in [2.24, 2.45) is 5.41 Å². The Balaban J connectivity index is 3.86. The molecular weight excluding hydrogens is 251 g/mol. The number of unbranched alkanes of at least 4 members (excludes halogenated alkanes) is 5. The normalized spacial score (nSPS) is 14.2. The maximum Gasteiger partial charge on any atom is 0.0894 e. The number of halogens is 1. The maximum absolute atomic E-state index is 11.8. The summed E-state index contributed by atoms with van der Waals surface area (Å²) in [7, 11) is 0. The molecule has 0 aliphatic rings. The summed E-state index contributed by atoms with van der Waals surface area (Å²) in [6.07, 6.45) is 7.52. The molecule has 4 N–H and O–H groups in total.